The Kier molecular flexibility index (Phi) is 3.01. The second kappa shape index (κ2) is 3.56. The Balaban J connectivity index is 3.50. The SMILES string of the molecule is O=S(=O)(O)c1cc(Br)c(Br)cc1O. The number of phenols is 1. The molecule has 1 aromatic rings. The number of rotatable bonds is 1. The van der Waals surface area contributed by atoms with Gasteiger partial charge in [-0.1, -0.05) is 0 Å². The molecule has 0 unspecified atom stereocenters. The summed E-state index contributed by atoms with van der Waals surface area (Å²) in [7, 11) is -4.37. The summed E-state index contributed by atoms with van der Waals surface area (Å²) in [5.41, 5.74) is 0. The fraction of sp³-hybridized carbons (Fsp3) is 0. The monoisotopic (exact) mass is 330 g/mol. The van der Waals surface area contributed by atoms with Crippen LogP contribution in [0.2, 0.25) is 0 Å². The average Bonchev–Trinajstić information content (AvgIpc) is 1.94. The lowest BCUT2D eigenvalue weighted by Gasteiger charge is -2.03. The van der Waals surface area contributed by atoms with E-state index in [9.17, 15) is 8.42 Å². The molecule has 0 radical (unpaired) electrons. The molecule has 0 bridgehead atoms. The van der Waals surface area contributed by atoms with Crippen molar-refractivity contribution in [2.45, 2.75) is 4.90 Å². The maximum absolute atomic E-state index is 10.7. The minimum absolute atomic E-state index is 0.429. The quantitative estimate of drug-likeness (QED) is 0.773. The first kappa shape index (κ1) is 11.0. The van der Waals surface area contributed by atoms with Crippen LogP contribution >= 0.6 is 31.9 Å². The van der Waals surface area contributed by atoms with Crippen molar-refractivity contribution in [1.82, 2.24) is 0 Å². The molecule has 0 spiro atoms. The maximum Gasteiger partial charge on any atom is 0.298 e. The molecule has 13 heavy (non-hydrogen) atoms. The van der Waals surface area contributed by atoms with E-state index in [0.29, 0.717) is 8.95 Å². The van der Waals surface area contributed by atoms with Gasteiger partial charge in [0.2, 0.25) is 0 Å². The van der Waals surface area contributed by atoms with Crippen molar-refractivity contribution < 1.29 is 18.1 Å². The fourth-order valence-corrected chi connectivity index (χ4v) is 2.14. The molecule has 7 heteroatoms. The first-order valence-corrected chi connectivity index (χ1v) is 6.00. The minimum atomic E-state index is -4.37. The highest BCUT2D eigenvalue weighted by molar-refractivity contribution is 9.13. The van der Waals surface area contributed by atoms with E-state index in [4.69, 9.17) is 9.66 Å². The Hall–Kier alpha value is -0.110. The normalized spacial score (nSPS) is 11.6. The van der Waals surface area contributed by atoms with Crippen LogP contribution in [0.1, 0.15) is 0 Å². The van der Waals surface area contributed by atoms with E-state index in [1.165, 1.54) is 6.07 Å². The van der Waals surface area contributed by atoms with E-state index in [-0.39, 0.29) is 0 Å². The number of halogens is 2. The zero-order valence-electron chi connectivity index (χ0n) is 6.03. The van der Waals surface area contributed by atoms with E-state index >= 15 is 0 Å². The molecule has 72 valence electrons. The van der Waals surface area contributed by atoms with Gasteiger partial charge in [-0.2, -0.15) is 8.42 Å². The van der Waals surface area contributed by atoms with Gasteiger partial charge in [0.05, 0.1) is 0 Å². The van der Waals surface area contributed by atoms with Gasteiger partial charge in [0.15, 0.2) is 0 Å². The zero-order valence-corrected chi connectivity index (χ0v) is 10.0. The molecule has 1 rings (SSSR count). The third-order valence-corrected chi connectivity index (χ3v) is 4.01. The number of hydrogen-bond acceptors (Lipinski definition) is 3. The van der Waals surface area contributed by atoms with Gasteiger partial charge in [-0.3, -0.25) is 4.55 Å². The van der Waals surface area contributed by atoms with Crippen molar-refractivity contribution in [2.24, 2.45) is 0 Å². The Morgan fingerprint density at radius 2 is 1.62 bits per heavy atom. The highest BCUT2D eigenvalue weighted by Crippen LogP contribution is 2.32. The number of aromatic hydroxyl groups is 1. The third-order valence-electron chi connectivity index (χ3n) is 1.28. The van der Waals surface area contributed by atoms with Gasteiger partial charge in [0, 0.05) is 8.95 Å². The molecule has 0 saturated heterocycles. The molecular formula is C6H4Br2O4S. The van der Waals surface area contributed by atoms with Crippen LogP contribution in [0.4, 0.5) is 0 Å². The highest BCUT2D eigenvalue weighted by Gasteiger charge is 2.16. The van der Waals surface area contributed by atoms with Crippen molar-refractivity contribution in [1.29, 1.82) is 0 Å². The molecule has 1 aromatic carbocycles. The van der Waals surface area contributed by atoms with Gasteiger partial charge in [-0.15, -0.1) is 0 Å². The largest absolute Gasteiger partial charge is 0.506 e. The van der Waals surface area contributed by atoms with E-state index in [2.05, 4.69) is 31.9 Å². The van der Waals surface area contributed by atoms with E-state index in [0.717, 1.165) is 6.07 Å². The van der Waals surface area contributed by atoms with Crippen LogP contribution in [0.5, 0.6) is 5.75 Å². The molecular weight excluding hydrogens is 328 g/mol. The summed E-state index contributed by atoms with van der Waals surface area (Å²) in [6.07, 6.45) is 0. The smallest absolute Gasteiger partial charge is 0.298 e. The summed E-state index contributed by atoms with van der Waals surface area (Å²) in [5, 5.41) is 9.16. The standard InChI is InChI=1S/C6H4Br2O4S/c7-3-1-5(9)6(2-4(3)8)13(10,11)12/h1-2,9H,(H,10,11,12). The van der Waals surface area contributed by atoms with Gasteiger partial charge in [-0.25, -0.2) is 0 Å². The van der Waals surface area contributed by atoms with Crippen LogP contribution in [0, 0.1) is 0 Å². The van der Waals surface area contributed by atoms with Crippen molar-refractivity contribution in [3.05, 3.63) is 21.1 Å². The Bertz CT molecular complexity index is 440. The maximum atomic E-state index is 10.7. The van der Waals surface area contributed by atoms with Crippen molar-refractivity contribution in [2.75, 3.05) is 0 Å². The summed E-state index contributed by atoms with van der Waals surface area (Å²) < 4.78 is 30.9. The number of benzene rings is 1. The van der Waals surface area contributed by atoms with Crippen molar-refractivity contribution in [3.8, 4) is 5.75 Å². The van der Waals surface area contributed by atoms with Crippen LogP contribution in [0.25, 0.3) is 0 Å². The van der Waals surface area contributed by atoms with Gasteiger partial charge in [0.25, 0.3) is 10.1 Å². The molecule has 0 atom stereocenters. The Labute approximate surface area is 91.6 Å². The summed E-state index contributed by atoms with van der Waals surface area (Å²) in [6, 6.07) is 2.28. The van der Waals surface area contributed by atoms with E-state index in [1.54, 1.807) is 0 Å². The first-order valence-electron chi connectivity index (χ1n) is 2.98. The Morgan fingerprint density at radius 1 is 1.15 bits per heavy atom. The minimum Gasteiger partial charge on any atom is -0.506 e. The molecule has 0 saturated carbocycles. The molecule has 0 aromatic heterocycles. The highest BCUT2D eigenvalue weighted by atomic mass is 79.9. The van der Waals surface area contributed by atoms with Crippen LogP contribution in [0.15, 0.2) is 26.0 Å². The average molecular weight is 332 g/mol. The lowest BCUT2D eigenvalue weighted by atomic mass is 10.3. The third kappa shape index (κ3) is 2.43. The molecule has 0 amide bonds. The zero-order chi connectivity index (χ0) is 10.2. The lowest BCUT2D eigenvalue weighted by molar-refractivity contribution is 0.443. The second-order valence-electron chi connectivity index (χ2n) is 2.21. The summed E-state index contributed by atoms with van der Waals surface area (Å²) in [6.45, 7) is 0. The summed E-state index contributed by atoms with van der Waals surface area (Å²) in [4.78, 5) is -0.525. The molecule has 2 N–H and O–H groups in total. The predicted octanol–water partition coefficient (Wildman–Crippen LogP) is 2.16. The van der Waals surface area contributed by atoms with E-state index < -0.39 is 20.8 Å². The fourth-order valence-electron chi connectivity index (χ4n) is 0.725. The van der Waals surface area contributed by atoms with Gasteiger partial charge in [0.1, 0.15) is 10.6 Å². The Morgan fingerprint density at radius 3 is 2.08 bits per heavy atom. The molecule has 0 aliphatic carbocycles. The van der Waals surface area contributed by atoms with Crippen LogP contribution in [-0.2, 0) is 10.1 Å². The molecule has 0 aliphatic rings. The predicted molar refractivity (Wildman–Crippen MR) is 53.3 cm³/mol. The van der Waals surface area contributed by atoms with Gasteiger partial charge in [-0.05, 0) is 44.0 Å². The van der Waals surface area contributed by atoms with Crippen LogP contribution in [-0.4, -0.2) is 18.1 Å². The first-order chi connectivity index (χ1) is 5.82. The van der Waals surface area contributed by atoms with Crippen LogP contribution < -0.4 is 0 Å². The van der Waals surface area contributed by atoms with E-state index in [1.807, 2.05) is 0 Å². The second-order valence-corrected chi connectivity index (χ2v) is 5.31. The van der Waals surface area contributed by atoms with Crippen molar-refractivity contribution >= 4 is 42.0 Å². The topological polar surface area (TPSA) is 74.6 Å². The summed E-state index contributed by atoms with van der Waals surface area (Å²) >= 11 is 6.10. The van der Waals surface area contributed by atoms with Crippen LogP contribution in [0.3, 0.4) is 0 Å². The molecule has 0 fully saturated rings. The van der Waals surface area contributed by atoms with Crippen molar-refractivity contribution in [3.63, 3.8) is 0 Å². The molecule has 0 heterocycles. The van der Waals surface area contributed by atoms with Gasteiger partial charge < -0.3 is 5.11 Å². The van der Waals surface area contributed by atoms with Gasteiger partial charge >= 0.3 is 0 Å². The number of phenolic OH excluding ortho intramolecular Hbond substituents is 1. The number of hydrogen-bond donors (Lipinski definition) is 2. The lowest BCUT2D eigenvalue weighted by Crippen LogP contribution is -1.98. The molecule has 0 aliphatic heterocycles. The molecule has 4 nitrogen and oxygen atoms in total. The summed E-state index contributed by atoms with van der Waals surface area (Å²) in [5.74, 6) is -0.502.